The monoisotopic (exact) mass is 620 g/mol. The highest BCUT2D eigenvalue weighted by atomic mass is 79.9. The zero-order valence-electron chi connectivity index (χ0n) is 20.4. The number of amides is 2. The smallest absolute Gasteiger partial charge is 0.416 e. The summed E-state index contributed by atoms with van der Waals surface area (Å²) >= 11 is 3.13. The van der Waals surface area contributed by atoms with E-state index in [9.17, 15) is 31.5 Å². The molecule has 0 saturated heterocycles. The van der Waals surface area contributed by atoms with Gasteiger partial charge < -0.3 is 29.8 Å². The van der Waals surface area contributed by atoms with Crippen LogP contribution in [0.2, 0.25) is 0 Å². The second-order valence-electron chi connectivity index (χ2n) is 8.28. The zero-order chi connectivity index (χ0) is 28.9. The number of halogens is 6. The summed E-state index contributed by atoms with van der Waals surface area (Å²) in [5.74, 6) is -4.91. The number of benzene rings is 2. The van der Waals surface area contributed by atoms with Crippen LogP contribution in [0.1, 0.15) is 27.9 Å². The number of hydrogen-bond acceptors (Lipinski definition) is 7. The van der Waals surface area contributed by atoms with Gasteiger partial charge in [0.2, 0.25) is 12.0 Å². The van der Waals surface area contributed by atoms with Gasteiger partial charge in [-0.15, -0.1) is 0 Å². The normalized spacial score (nSPS) is 12.3. The Balaban J connectivity index is 1.91. The number of primary amides is 1. The van der Waals surface area contributed by atoms with Gasteiger partial charge in [0.25, 0.3) is 5.91 Å². The minimum Gasteiger partial charge on any atom is -0.474 e. The predicted octanol–water partition coefficient (Wildman–Crippen LogP) is 4.91. The first-order chi connectivity index (χ1) is 18.3. The molecule has 1 atom stereocenters. The molecule has 2 amide bonds. The minimum atomic E-state index is -4.54. The molecule has 1 heterocycles. The molecule has 0 aliphatic heterocycles. The summed E-state index contributed by atoms with van der Waals surface area (Å²) in [6.45, 7) is 0.166. The molecule has 1 aromatic heterocycles. The molecule has 3 N–H and O–H groups in total. The lowest BCUT2D eigenvalue weighted by Gasteiger charge is -2.18. The van der Waals surface area contributed by atoms with Gasteiger partial charge in [-0.1, -0.05) is 12.1 Å². The Kier molecular flexibility index (Phi) is 9.50. The van der Waals surface area contributed by atoms with Gasteiger partial charge in [-0.05, 0) is 54.3 Å². The summed E-state index contributed by atoms with van der Waals surface area (Å²) in [4.78, 5) is 29.7. The van der Waals surface area contributed by atoms with Crippen molar-refractivity contribution in [2.75, 3.05) is 33.8 Å². The third-order valence-corrected chi connectivity index (χ3v) is 5.67. The van der Waals surface area contributed by atoms with E-state index >= 15 is 0 Å². The number of hydrogen-bond donors (Lipinski definition) is 2. The van der Waals surface area contributed by atoms with Crippen LogP contribution in [0.15, 0.2) is 45.5 Å². The predicted molar refractivity (Wildman–Crippen MR) is 131 cm³/mol. The van der Waals surface area contributed by atoms with Crippen LogP contribution in [0.5, 0.6) is 5.75 Å². The lowest BCUT2D eigenvalue weighted by atomic mass is 10.1. The molecule has 0 radical (unpaired) electrons. The fraction of sp³-hybridized carbons (Fsp3) is 0.292. The quantitative estimate of drug-likeness (QED) is 0.309. The van der Waals surface area contributed by atoms with E-state index in [0.29, 0.717) is 6.54 Å². The Morgan fingerprint density at radius 2 is 1.82 bits per heavy atom. The van der Waals surface area contributed by atoms with Crippen LogP contribution in [0.25, 0.3) is 11.3 Å². The van der Waals surface area contributed by atoms with Crippen LogP contribution in [-0.4, -0.2) is 55.7 Å². The summed E-state index contributed by atoms with van der Waals surface area (Å²) in [5.41, 5.74) is 3.43. The van der Waals surface area contributed by atoms with E-state index < -0.39 is 59.4 Å². The van der Waals surface area contributed by atoms with E-state index in [2.05, 4.69) is 26.2 Å². The summed E-state index contributed by atoms with van der Waals surface area (Å²) in [6, 6.07) is 5.67. The summed E-state index contributed by atoms with van der Waals surface area (Å²) in [6.07, 6.45) is -6.84. The number of likely N-dealkylation sites (N-methyl/N-ethyl adjacent to an activating group) is 1. The van der Waals surface area contributed by atoms with Crippen LogP contribution in [0.4, 0.5) is 26.7 Å². The highest BCUT2D eigenvalue weighted by Gasteiger charge is 2.31. The van der Waals surface area contributed by atoms with E-state index in [4.69, 9.17) is 19.6 Å². The maximum atomic E-state index is 14.8. The fourth-order valence-corrected chi connectivity index (χ4v) is 3.68. The van der Waals surface area contributed by atoms with Crippen LogP contribution in [0.3, 0.4) is 0 Å². The summed E-state index contributed by atoms with van der Waals surface area (Å²) in [5, 5.41) is 2.49. The molecule has 0 spiro atoms. The number of nitrogens with two attached hydrogens (primary N) is 1. The molecule has 0 fully saturated rings. The van der Waals surface area contributed by atoms with Crippen molar-refractivity contribution in [3.63, 3.8) is 0 Å². The van der Waals surface area contributed by atoms with E-state index in [0.717, 1.165) is 24.3 Å². The molecule has 2 aromatic carbocycles. The first-order valence-electron chi connectivity index (χ1n) is 11.1. The number of aromatic nitrogens is 1. The van der Waals surface area contributed by atoms with Gasteiger partial charge in [-0.3, -0.25) is 4.79 Å². The van der Waals surface area contributed by atoms with Crippen molar-refractivity contribution < 1.29 is 45.4 Å². The third kappa shape index (κ3) is 7.66. The maximum absolute atomic E-state index is 14.8. The minimum absolute atomic E-state index is 0.0151. The lowest BCUT2D eigenvalue weighted by Crippen LogP contribution is -2.33. The molecular formula is C24H22BrF5N4O5. The maximum Gasteiger partial charge on any atom is 0.416 e. The van der Waals surface area contributed by atoms with Crippen molar-refractivity contribution >= 4 is 27.9 Å². The van der Waals surface area contributed by atoms with Crippen molar-refractivity contribution in [1.29, 1.82) is 0 Å². The van der Waals surface area contributed by atoms with Gasteiger partial charge in [0.1, 0.15) is 23.7 Å². The second kappa shape index (κ2) is 12.4. The number of alkyl halides is 3. The summed E-state index contributed by atoms with van der Waals surface area (Å²) < 4.78 is 83.8. The molecule has 0 saturated carbocycles. The van der Waals surface area contributed by atoms with Gasteiger partial charge in [-0.25, -0.2) is 18.6 Å². The van der Waals surface area contributed by atoms with Crippen LogP contribution in [-0.2, 0) is 10.9 Å². The number of carbonyl (C=O) groups excluding carboxylic acids is 2. The first kappa shape index (κ1) is 29.8. The number of carbonyl (C=O) groups is 2. The Bertz CT molecular complexity index is 1330. The molecule has 0 bridgehead atoms. The molecule has 39 heavy (non-hydrogen) atoms. The van der Waals surface area contributed by atoms with Gasteiger partial charge in [0, 0.05) is 18.7 Å². The van der Waals surface area contributed by atoms with Crippen molar-refractivity contribution in [3.8, 4) is 17.0 Å². The zero-order valence-corrected chi connectivity index (χ0v) is 22.0. The van der Waals surface area contributed by atoms with Gasteiger partial charge in [-0.2, -0.15) is 13.2 Å². The summed E-state index contributed by atoms with van der Waals surface area (Å²) in [7, 11) is 3.59. The number of oxazole rings is 1. The molecule has 3 aromatic rings. The largest absolute Gasteiger partial charge is 0.474 e. The second-order valence-corrected chi connectivity index (χ2v) is 9.00. The number of nitrogens with zero attached hydrogens (tertiary/aromatic N) is 2. The van der Waals surface area contributed by atoms with Crippen molar-refractivity contribution in [3.05, 3.63) is 69.7 Å². The van der Waals surface area contributed by atoms with Crippen molar-refractivity contribution in [1.82, 2.24) is 15.2 Å². The van der Waals surface area contributed by atoms with Gasteiger partial charge in [0.05, 0.1) is 5.56 Å². The van der Waals surface area contributed by atoms with E-state index in [1.807, 2.05) is 4.90 Å². The number of nitrogens with one attached hydrogen (secondary N) is 1. The number of alkyl carbamates (subject to hydrolysis) is 1. The van der Waals surface area contributed by atoms with Crippen LogP contribution in [0, 0.1) is 11.6 Å². The van der Waals surface area contributed by atoms with Crippen molar-refractivity contribution in [2.45, 2.75) is 12.3 Å². The average molecular weight is 621 g/mol. The molecular weight excluding hydrogens is 599 g/mol. The molecule has 0 aliphatic carbocycles. The third-order valence-electron chi connectivity index (χ3n) is 5.13. The SMILES string of the molecule is CN(C)CCNC(=O)OCC(Oc1ccc(F)c(C(N)=O)c1F)c1nc(-c2ccc(C(F)(F)F)cc2)c(Br)o1. The van der Waals surface area contributed by atoms with Gasteiger partial charge in [0.15, 0.2) is 16.2 Å². The molecule has 3 rings (SSSR count). The van der Waals surface area contributed by atoms with E-state index in [1.54, 1.807) is 14.1 Å². The molecule has 1 unspecified atom stereocenters. The molecule has 0 aliphatic rings. The Morgan fingerprint density at radius 3 is 2.41 bits per heavy atom. The van der Waals surface area contributed by atoms with Crippen LogP contribution >= 0.6 is 15.9 Å². The topological polar surface area (TPSA) is 120 Å². The number of ether oxygens (including phenoxy) is 2. The molecule has 15 heteroatoms. The highest BCUT2D eigenvalue weighted by molar-refractivity contribution is 9.10. The van der Waals surface area contributed by atoms with Crippen LogP contribution < -0.4 is 15.8 Å². The highest BCUT2D eigenvalue weighted by Crippen LogP contribution is 2.36. The lowest BCUT2D eigenvalue weighted by molar-refractivity contribution is -0.137. The Morgan fingerprint density at radius 1 is 1.15 bits per heavy atom. The average Bonchev–Trinajstić information content (AvgIpc) is 3.23. The van der Waals surface area contributed by atoms with Gasteiger partial charge >= 0.3 is 12.3 Å². The Labute approximate surface area is 227 Å². The Hall–Kier alpha value is -3.72. The van der Waals surface area contributed by atoms with E-state index in [-0.39, 0.29) is 28.4 Å². The molecule has 9 nitrogen and oxygen atoms in total. The van der Waals surface area contributed by atoms with Crippen molar-refractivity contribution in [2.24, 2.45) is 5.73 Å². The first-order valence-corrected chi connectivity index (χ1v) is 11.9. The fourth-order valence-electron chi connectivity index (χ4n) is 3.19. The standard InChI is InChI=1S/C24H22BrF5N4O5/c1-34(2)10-9-32-23(36)37-11-16(38-15-8-7-14(26)17(18(15)27)21(31)35)22-33-19(20(25)39-22)12-3-5-13(6-4-12)24(28,29)30/h3-8,16H,9-11H2,1-2H3,(H2,31,35)(H,32,36). The van der Waals surface area contributed by atoms with E-state index in [1.165, 1.54) is 12.1 Å². The number of rotatable bonds is 10. The molecule has 210 valence electrons.